The molecule has 9 nitrogen and oxygen atoms in total. The molecule has 4 heterocycles. The fourth-order valence-electron chi connectivity index (χ4n) is 4.82. The van der Waals surface area contributed by atoms with Crippen LogP contribution in [0.4, 0.5) is 11.8 Å². The molecule has 0 unspecified atom stereocenters. The lowest BCUT2D eigenvalue weighted by molar-refractivity contribution is -0.129. The molecule has 36 heavy (non-hydrogen) atoms. The Labute approximate surface area is 211 Å². The summed E-state index contributed by atoms with van der Waals surface area (Å²) in [6, 6.07) is 10.4. The van der Waals surface area contributed by atoms with E-state index in [4.69, 9.17) is 9.97 Å². The maximum atomic E-state index is 11.8. The molecule has 0 bridgehead atoms. The van der Waals surface area contributed by atoms with Gasteiger partial charge in [-0.25, -0.2) is 4.98 Å². The van der Waals surface area contributed by atoms with Crippen molar-refractivity contribution in [3.05, 3.63) is 48.3 Å². The fourth-order valence-corrected chi connectivity index (χ4v) is 4.82. The van der Waals surface area contributed by atoms with Gasteiger partial charge in [0.2, 0.25) is 17.7 Å². The van der Waals surface area contributed by atoms with Crippen LogP contribution >= 0.6 is 0 Å². The van der Waals surface area contributed by atoms with E-state index in [-0.39, 0.29) is 17.8 Å². The zero-order chi connectivity index (χ0) is 25.4. The number of nitrogens with zero attached hydrogens (tertiary/aromatic N) is 7. The minimum absolute atomic E-state index is 0.0781. The highest BCUT2D eigenvalue weighted by Gasteiger charge is 2.25. The average molecular weight is 488 g/mol. The summed E-state index contributed by atoms with van der Waals surface area (Å²) in [6.07, 6.45) is 3.87. The first kappa shape index (κ1) is 23.8. The Hall–Kier alpha value is -3.88. The summed E-state index contributed by atoms with van der Waals surface area (Å²) < 4.78 is 1.84. The van der Waals surface area contributed by atoms with Gasteiger partial charge in [0.1, 0.15) is 11.3 Å². The smallest absolute Gasteiger partial charge is 0.228 e. The molecular weight excluding hydrogens is 454 g/mol. The van der Waals surface area contributed by atoms with Crippen molar-refractivity contribution < 1.29 is 9.90 Å². The van der Waals surface area contributed by atoms with Crippen LogP contribution in [-0.4, -0.2) is 68.2 Å². The second-order valence-corrected chi connectivity index (χ2v) is 9.61. The summed E-state index contributed by atoms with van der Waals surface area (Å²) >= 11 is 0. The van der Waals surface area contributed by atoms with Crippen LogP contribution in [0.25, 0.3) is 21.8 Å². The number of aromatic nitrogens is 4. The number of anilines is 2. The zero-order valence-electron chi connectivity index (χ0n) is 21.3. The van der Waals surface area contributed by atoms with Gasteiger partial charge in [-0.15, -0.1) is 0 Å². The number of fused-ring (bicyclic) bond motifs is 2. The molecule has 1 aliphatic heterocycles. The third kappa shape index (κ3) is 4.41. The second kappa shape index (κ2) is 9.64. The van der Waals surface area contributed by atoms with E-state index in [2.05, 4.69) is 33.8 Å². The number of amides is 1. The molecule has 3 aromatic heterocycles. The van der Waals surface area contributed by atoms with Gasteiger partial charge in [0.15, 0.2) is 0 Å². The first-order chi connectivity index (χ1) is 17.4. The third-order valence-electron chi connectivity index (χ3n) is 6.90. The van der Waals surface area contributed by atoms with Crippen molar-refractivity contribution in [1.29, 1.82) is 0 Å². The first-order valence-corrected chi connectivity index (χ1v) is 12.6. The van der Waals surface area contributed by atoms with E-state index >= 15 is 0 Å². The van der Waals surface area contributed by atoms with Crippen molar-refractivity contribution in [2.75, 3.05) is 42.5 Å². The fraction of sp³-hybridized carbons (Fsp3) is 0.407. The lowest BCUT2D eigenvalue weighted by atomic mass is 10.1. The van der Waals surface area contributed by atoms with E-state index in [9.17, 15) is 9.90 Å². The topological polar surface area (TPSA) is 90.6 Å². The Balaban J connectivity index is 1.56. The van der Waals surface area contributed by atoms with Gasteiger partial charge in [0, 0.05) is 70.0 Å². The normalized spacial score (nSPS) is 14.2. The molecule has 5 rings (SSSR count). The van der Waals surface area contributed by atoms with Gasteiger partial charge in [-0.05, 0) is 38.5 Å². The van der Waals surface area contributed by atoms with E-state index in [1.807, 2.05) is 53.9 Å². The lowest BCUT2D eigenvalue weighted by Gasteiger charge is -2.34. The van der Waals surface area contributed by atoms with Crippen molar-refractivity contribution >= 4 is 39.5 Å². The summed E-state index contributed by atoms with van der Waals surface area (Å²) in [6.45, 7) is 11.7. The quantitative estimate of drug-likeness (QED) is 0.440. The van der Waals surface area contributed by atoms with E-state index in [0.29, 0.717) is 44.2 Å². The predicted octanol–water partition coefficient (Wildman–Crippen LogP) is 3.96. The van der Waals surface area contributed by atoms with Crippen LogP contribution in [0.1, 0.15) is 39.3 Å². The Morgan fingerprint density at radius 1 is 1.14 bits per heavy atom. The molecule has 0 radical (unpaired) electrons. The average Bonchev–Trinajstić information content (AvgIpc) is 3.23. The molecule has 1 saturated heterocycles. The Morgan fingerprint density at radius 3 is 2.58 bits per heavy atom. The van der Waals surface area contributed by atoms with E-state index in [0.717, 1.165) is 34.2 Å². The largest absolute Gasteiger partial charge is 0.493 e. The molecule has 188 valence electrons. The SMILES string of the molecule is CCN(Cc1cnc2ccccc2c1)c1nc(N2CCN(C(C)=O)CC2)nc2c(O)n(C(C)C)cc12. The van der Waals surface area contributed by atoms with Gasteiger partial charge in [-0.1, -0.05) is 18.2 Å². The van der Waals surface area contributed by atoms with Gasteiger partial charge in [0.05, 0.1) is 10.9 Å². The minimum Gasteiger partial charge on any atom is -0.493 e. The van der Waals surface area contributed by atoms with Gasteiger partial charge < -0.3 is 24.4 Å². The molecule has 1 N–H and O–H groups in total. The number of para-hydroxylation sites is 1. The number of hydrogen-bond acceptors (Lipinski definition) is 7. The number of rotatable bonds is 6. The highest BCUT2D eigenvalue weighted by atomic mass is 16.3. The number of hydrogen-bond donors (Lipinski definition) is 1. The molecule has 0 aliphatic carbocycles. The van der Waals surface area contributed by atoms with Crippen molar-refractivity contribution in [3.63, 3.8) is 0 Å². The van der Waals surface area contributed by atoms with Crippen molar-refractivity contribution in [2.24, 2.45) is 0 Å². The number of piperazine rings is 1. The molecule has 9 heteroatoms. The van der Waals surface area contributed by atoms with Gasteiger partial charge in [-0.3, -0.25) is 9.78 Å². The monoisotopic (exact) mass is 487 g/mol. The highest BCUT2D eigenvalue weighted by molar-refractivity contribution is 5.94. The number of carbonyl (C=O) groups is 1. The summed E-state index contributed by atoms with van der Waals surface area (Å²) in [4.78, 5) is 32.4. The maximum absolute atomic E-state index is 11.8. The lowest BCUT2D eigenvalue weighted by Crippen LogP contribution is -2.48. The zero-order valence-corrected chi connectivity index (χ0v) is 21.3. The molecule has 0 saturated carbocycles. The molecule has 0 atom stereocenters. The summed E-state index contributed by atoms with van der Waals surface area (Å²) in [5, 5.41) is 13.0. The Morgan fingerprint density at radius 2 is 1.89 bits per heavy atom. The third-order valence-corrected chi connectivity index (χ3v) is 6.90. The molecule has 0 spiro atoms. The molecular formula is C27H33N7O2. The predicted molar refractivity (Wildman–Crippen MR) is 143 cm³/mol. The standard InChI is InChI=1S/C27H33N7O2/c1-5-31(16-20-14-21-8-6-7-9-23(21)28-15-20)25-22-17-34(18(2)3)26(36)24(22)29-27(30-25)33-12-10-32(11-13-33)19(4)35/h6-9,14-15,17-18,36H,5,10-13,16H2,1-4H3. The van der Waals surface area contributed by atoms with Crippen LogP contribution in [0, 0.1) is 0 Å². The number of carbonyl (C=O) groups excluding carboxylic acids is 1. The molecule has 4 aromatic rings. The molecule has 1 fully saturated rings. The molecule has 1 amide bonds. The molecule has 1 aliphatic rings. The van der Waals surface area contributed by atoms with Crippen molar-refractivity contribution in [2.45, 2.75) is 40.3 Å². The van der Waals surface area contributed by atoms with E-state index in [1.165, 1.54) is 0 Å². The van der Waals surface area contributed by atoms with E-state index in [1.54, 1.807) is 6.92 Å². The minimum atomic E-state index is 0.0781. The van der Waals surface area contributed by atoms with Crippen LogP contribution in [0.3, 0.4) is 0 Å². The highest BCUT2D eigenvalue weighted by Crippen LogP contribution is 2.36. The number of pyridine rings is 1. The first-order valence-electron chi connectivity index (χ1n) is 12.6. The maximum Gasteiger partial charge on any atom is 0.228 e. The van der Waals surface area contributed by atoms with Crippen molar-refractivity contribution in [3.8, 4) is 5.88 Å². The Kier molecular flexibility index (Phi) is 6.38. The van der Waals surface area contributed by atoms with Crippen LogP contribution in [0.15, 0.2) is 42.7 Å². The van der Waals surface area contributed by atoms with E-state index < -0.39 is 0 Å². The van der Waals surface area contributed by atoms with Crippen LogP contribution in [-0.2, 0) is 11.3 Å². The second-order valence-electron chi connectivity index (χ2n) is 9.61. The van der Waals surface area contributed by atoms with Crippen LogP contribution < -0.4 is 9.80 Å². The molecule has 1 aromatic carbocycles. The summed E-state index contributed by atoms with van der Waals surface area (Å²) in [5.41, 5.74) is 2.61. The summed E-state index contributed by atoms with van der Waals surface area (Å²) in [7, 11) is 0. The Bertz CT molecular complexity index is 1410. The van der Waals surface area contributed by atoms with Gasteiger partial charge >= 0.3 is 0 Å². The summed E-state index contributed by atoms with van der Waals surface area (Å²) in [5.74, 6) is 1.59. The number of benzene rings is 1. The van der Waals surface area contributed by atoms with Crippen LogP contribution in [0.2, 0.25) is 0 Å². The van der Waals surface area contributed by atoms with Crippen LogP contribution in [0.5, 0.6) is 5.88 Å². The van der Waals surface area contributed by atoms with Gasteiger partial charge in [-0.2, -0.15) is 4.98 Å². The van der Waals surface area contributed by atoms with Crippen molar-refractivity contribution in [1.82, 2.24) is 24.4 Å². The number of aromatic hydroxyl groups is 1. The van der Waals surface area contributed by atoms with Gasteiger partial charge in [0.25, 0.3) is 0 Å².